The summed E-state index contributed by atoms with van der Waals surface area (Å²) in [5, 5.41) is 9.74. The Bertz CT molecular complexity index is 795. The van der Waals surface area contributed by atoms with Crippen molar-refractivity contribution in [3.63, 3.8) is 0 Å². The Morgan fingerprint density at radius 1 is 1.19 bits per heavy atom. The molecule has 1 aromatic carbocycles. The van der Waals surface area contributed by atoms with Gasteiger partial charge in [0.25, 0.3) is 0 Å². The van der Waals surface area contributed by atoms with Crippen LogP contribution in [0.3, 0.4) is 0 Å². The van der Waals surface area contributed by atoms with E-state index in [4.69, 9.17) is 5.73 Å². The molecule has 21 heavy (non-hydrogen) atoms. The van der Waals surface area contributed by atoms with Gasteiger partial charge in [0, 0.05) is 5.69 Å². The maximum absolute atomic E-state index is 12.7. The Morgan fingerprint density at radius 3 is 2.76 bits per heavy atom. The Morgan fingerprint density at radius 2 is 2.00 bits per heavy atom. The molecule has 3 aromatic rings. The summed E-state index contributed by atoms with van der Waals surface area (Å²) in [5.74, 6) is 0.270. The maximum atomic E-state index is 12.7. The molecule has 108 valence electrons. The number of halogens is 3. The summed E-state index contributed by atoms with van der Waals surface area (Å²) < 4.78 is 38.1. The van der Waals surface area contributed by atoms with Crippen LogP contribution in [0.5, 0.6) is 0 Å². The van der Waals surface area contributed by atoms with Crippen LogP contribution in [0.25, 0.3) is 11.0 Å². The molecule has 0 fully saturated rings. The molecule has 0 amide bonds. The lowest BCUT2D eigenvalue weighted by molar-refractivity contribution is -0.137. The predicted octanol–water partition coefficient (Wildman–Crippen LogP) is 2.70. The van der Waals surface area contributed by atoms with Crippen LogP contribution in [0.1, 0.15) is 5.56 Å². The molecule has 2 heterocycles. The van der Waals surface area contributed by atoms with Crippen LogP contribution in [-0.2, 0) is 6.18 Å². The van der Waals surface area contributed by atoms with E-state index in [2.05, 4.69) is 25.5 Å². The molecular formula is C12H9F3N6. The molecule has 2 aromatic heterocycles. The van der Waals surface area contributed by atoms with Gasteiger partial charge in [0.15, 0.2) is 5.65 Å². The van der Waals surface area contributed by atoms with Crippen LogP contribution in [0.2, 0.25) is 0 Å². The molecule has 0 aliphatic heterocycles. The minimum atomic E-state index is -4.41. The number of H-pyrrole nitrogens is 1. The zero-order valence-corrected chi connectivity index (χ0v) is 10.4. The van der Waals surface area contributed by atoms with Gasteiger partial charge in [0.1, 0.15) is 5.82 Å². The van der Waals surface area contributed by atoms with Gasteiger partial charge >= 0.3 is 6.18 Å². The van der Waals surface area contributed by atoms with Gasteiger partial charge in [-0.1, -0.05) is 6.07 Å². The first-order chi connectivity index (χ1) is 9.93. The molecule has 0 aliphatic carbocycles. The molecule has 0 radical (unpaired) electrons. The second-order valence-corrected chi connectivity index (χ2v) is 4.27. The second kappa shape index (κ2) is 4.62. The normalized spacial score (nSPS) is 11.8. The van der Waals surface area contributed by atoms with Crippen molar-refractivity contribution >= 4 is 28.5 Å². The minimum absolute atomic E-state index is 0.0128. The monoisotopic (exact) mass is 294 g/mol. The Balaban J connectivity index is 2.01. The zero-order valence-electron chi connectivity index (χ0n) is 10.4. The van der Waals surface area contributed by atoms with Crippen molar-refractivity contribution in [1.82, 2.24) is 20.2 Å². The average molecular weight is 294 g/mol. The van der Waals surface area contributed by atoms with Crippen LogP contribution >= 0.6 is 0 Å². The Kier molecular flexibility index (Phi) is 2.89. The van der Waals surface area contributed by atoms with Gasteiger partial charge in [-0.25, -0.2) is 0 Å². The van der Waals surface area contributed by atoms with Crippen LogP contribution in [0.15, 0.2) is 30.5 Å². The number of hydrogen-bond donors (Lipinski definition) is 3. The van der Waals surface area contributed by atoms with Gasteiger partial charge < -0.3 is 11.1 Å². The number of aromatic amines is 1. The fourth-order valence-corrected chi connectivity index (χ4v) is 1.86. The molecule has 0 spiro atoms. The SMILES string of the molecule is Nc1nc(Nc2cccc(C(F)(F)F)c2)c2cn[nH]c2n1. The van der Waals surface area contributed by atoms with Gasteiger partial charge in [-0.15, -0.1) is 0 Å². The number of hydrogen-bond acceptors (Lipinski definition) is 5. The highest BCUT2D eigenvalue weighted by Crippen LogP contribution is 2.32. The van der Waals surface area contributed by atoms with Gasteiger partial charge in [-0.05, 0) is 18.2 Å². The number of alkyl halides is 3. The molecule has 4 N–H and O–H groups in total. The molecule has 9 heteroatoms. The van der Waals surface area contributed by atoms with E-state index in [1.165, 1.54) is 18.3 Å². The average Bonchev–Trinajstić information content (AvgIpc) is 2.86. The molecule has 0 aliphatic rings. The van der Waals surface area contributed by atoms with E-state index >= 15 is 0 Å². The molecule has 6 nitrogen and oxygen atoms in total. The first kappa shape index (κ1) is 13.2. The van der Waals surface area contributed by atoms with Crippen molar-refractivity contribution in [1.29, 1.82) is 0 Å². The highest BCUT2D eigenvalue weighted by Gasteiger charge is 2.30. The lowest BCUT2D eigenvalue weighted by Crippen LogP contribution is -2.06. The summed E-state index contributed by atoms with van der Waals surface area (Å²) in [7, 11) is 0. The molecule has 0 saturated carbocycles. The topological polar surface area (TPSA) is 92.5 Å². The number of rotatable bonds is 2. The smallest absolute Gasteiger partial charge is 0.368 e. The van der Waals surface area contributed by atoms with Crippen molar-refractivity contribution in [2.75, 3.05) is 11.1 Å². The summed E-state index contributed by atoms with van der Waals surface area (Å²) in [6, 6.07) is 4.79. The first-order valence-corrected chi connectivity index (χ1v) is 5.84. The Labute approximate surface area is 116 Å². The minimum Gasteiger partial charge on any atom is -0.368 e. The predicted molar refractivity (Wildman–Crippen MR) is 70.8 cm³/mol. The van der Waals surface area contributed by atoms with Crippen molar-refractivity contribution in [3.8, 4) is 0 Å². The number of nitrogens with one attached hydrogen (secondary N) is 2. The van der Waals surface area contributed by atoms with Crippen LogP contribution in [-0.4, -0.2) is 20.2 Å². The lowest BCUT2D eigenvalue weighted by atomic mass is 10.2. The van der Waals surface area contributed by atoms with Crippen molar-refractivity contribution < 1.29 is 13.2 Å². The van der Waals surface area contributed by atoms with Gasteiger partial charge in [-0.2, -0.15) is 28.2 Å². The fraction of sp³-hybridized carbons (Fsp3) is 0.0833. The van der Waals surface area contributed by atoms with Gasteiger partial charge in [-0.3, -0.25) is 5.10 Å². The fourth-order valence-electron chi connectivity index (χ4n) is 1.86. The summed E-state index contributed by atoms with van der Waals surface area (Å²) in [5.41, 5.74) is 5.44. The number of anilines is 3. The number of nitrogens with zero attached hydrogens (tertiary/aromatic N) is 3. The van der Waals surface area contributed by atoms with Crippen molar-refractivity contribution in [2.45, 2.75) is 6.18 Å². The summed E-state index contributed by atoms with van der Waals surface area (Å²) in [6.07, 6.45) is -2.95. The standard InChI is InChI=1S/C12H9F3N6/c13-12(14,15)6-2-1-3-7(4-6)18-9-8-5-17-21-10(8)20-11(16)19-9/h1-5H,(H4,16,17,18,19,20,21). The maximum Gasteiger partial charge on any atom is 0.416 e. The van der Waals surface area contributed by atoms with Crippen molar-refractivity contribution in [2.24, 2.45) is 0 Å². The third-order valence-electron chi connectivity index (χ3n) is 2.78. The van der Waals surface area contributed by atoms with E-state index in [0.29, 0.717) is 11.0 Å². The highest BCUT2D eigenvalue weighted by molar-refractivity contribution is 5.88. The van der Waals surface area contributed by atoms with E-state index in [-0.39, 0.29) is 17.5 Å². The van der Waals surface area contributed by atoms with Crippen LogP contribution in [0, 0.1) is 0 Å². The van der Waals surface area contributed by atoms with E-state index in [9.17, 15) is 13.2 Å². The molecule has 0 unspecified atom stereocenters. The number of aromatic nitrogens is 4. The zero-order chi connectivity index (χ0) is 15.0. The number of benzene rings is 1. The van der Waals surface area contributed by atoms with Crippen LogP contribution < -0.4 is 11.1 Å². The number of nitrogens with two attached hydrogens (primary N) is 1. The first-order valence-electron chi connectivity index (χ1n) is 5.84. The van der Waals surface area contributed by atoms with Crippen LogP contribution in [0.4, 0.5) is 30.6 Å². The summed E-state index contributed by atoms with van der Waals surface area (Å²) in [6.45, 7) is 0. The third kappa shape index (κ3) is 2.57. The lowest BCUT2D eigenvalue weighted by Gasteiger charge is -2.10. The van der Waals surface area contributed by atoms with E-state index in [0.717, 1.165) is 12.1 Å². The number of fused-ring (bicyclic) bond motifs is 1. The number of nitrogen functional groups attached to an aromatic ring is 1. The van der Waals surface area contributed by atoms with E-state index < -0.39 is 11.7 Å². The van der Waals surface area contributed by atoms with Gasteiger partial charge in [0.2, 0.25) is 5.95 Å². The van der Waals surface area contributed by atoms with Crippen molar-refractivity contribution in [3.05, 3.63) is 36.0 Å². The molecular weight excluding hydrogens is 285 g/mol. The van der Waals surface area contributed by atoms with E-state index in [1.54, 1.807) is 0 Å². The molecule has 0 atom stereocenters. The molecule has 0 saturated heterocycles. The summed E-state index contributed by atoms with van der Waals surface area (Å²) >= 11 is 0. The molecule has 0 bridgehead atoms. The van der Waals surface area contributed by atoms with E-state index in [1.807, 2.05) is 0 Å². The largest absolute Gasteiger partial charge is 0.416 e. The quantitative estimate of drug-likeness (QED) is 0.675. The third-order valence-corrected chi connectivity index (χ3v) is 2.78. The Hall–Kier alpha value is -2.84. The van der Waals surface area contributed by atoms with Gasteiger partial charge in [0.05, 0.1) is 17.1 Å². The molecule has 3 rings (SSSR count). The highest BCUT2D eigenvalue weighted by atomic mass is 19.4. The second-order valence-electron chi connectivity index (χ2n) is 4.27. The summed E-state index contributed by atoms with van der Waals surface area (Å²) in [4.78, 5) is 7.90.